The number of amides is 1. The lowest BCUT2D eigenvalue weighted by Gasteiger charge is -2.09. The van der Waals surface area contributed by atoms with Crippen LogP contribution in [0.4, 0.5) is 5.13 Å². The average Bonchev–Trinajstić information content (AvgIpc) is 3.20. The van der Waals surface area contributed by atoms with Gasteiger partial charge in [0.05, 0.1) is 19.9 Å². The molecule has 0 saturated heterocycles. The lowest BCUT2D eigenvalue weighted by molar-refractivity contribution is -0.118. The molecule has 0 bridgehead atoms. The van der Waals surface area contributed by atoms with E-state index in [1.165, 1.54) is 16.9 Å². The summed E-state index contributed by atoms with van der Waals surface area (Å²) in [6.45, 7) is 4.18. The Balaban J connectivity index is 1.62. The molecule has 1 amide bonds. The number of rotatable bonds is 8. The van der Waals surface area contributed by atoms with Crippen molar-refractivity contribution in [3.8, 4) is 28.5 Å². The Morgan fingerprint density at radius 3 is 2.45 bits per heavy atom. The number of carbonyl (C=O) groups excluding carboxylic acids is 1. The zero-order chi connectivity index (χ0) is 20.8. The smallest absolute Gasteiger partial charge is 0.264 e. The number of anilines is 1. The highest BCUT2D eigenvalue weighted by molar-refractivity contribution is 7.14. The van der Waals surface area contributed by atoms with E-state index >= 15 is 0 Å². The fourth-order valence-electron chi connectivity index (χ4n) is 2.72. The number of thiazole rings is 1. The number of hydrogen-bond acceptors (Lipinski definition) is 6. The molecule has 0 unspecified atom stereocenters. The van der Waals surface area contributed by atoms with E-state index in [0.717, 1.165) is 5.56 Å². The van der Waals surface area contributed by atoms with Crippen molar-refractivity contribution in [1.29, 1.82) is 0 Å². The van der Waals surface area contributed by atoms with Gasteiger partial charge in [-0.25, -0.2) is 4.98 Å². The second kappa shape index (κ2) is 9.43. The highest BCUT2D eigenvalue weighted by Gasteiger charge is 2.13. The molecule has 0 aliphatic heterocycles. The molecule has 0 radical (unpaired) electrons. The minimum Gasteiger partial charge on any atom is -0.497 e. The summed E-state index contributed by atoms with van der Waals surface area (Å²) in [5.74, 6) is 2.23. The van der Waals surface area contributed by atoms with Crippen LogP contribution in [0.1, 0.15) is 25.3 Å². The number of hydrogen-bond donors (Lipinski definition) is 1. The minimum absolute atomic E-state index is 0.0849. The zero-order valence-corrected chi connectivity index (χ0v) is 17.7. The molecular weight excluding hydrogens is 388 g/mol. The number of benzene rings is 2. The van der Waals surface area contributed by atoms with E-state index in [-0.39, 0.29) is 12.5 Å². The molecule has 0 spiro atoms. The first-order chi connectivity index (χ1) is 14.0. The second-order valence-corrected chi connectivity index (χ2v) is 7.52. The standard InChI is InChI=1S/C22H24N2O4S/c1-14(2)15-5-7-16(8-6-15)28-12-21(25)24-22-23-19(13-29-22)18-11-17(26-3)9-10-20(18)27-4/h5-11,13-14H,12H2,1-4H3,(H,23,24,25). The molecule has 0 saturated carbocycles. The largest absolute Gasteiger partial charge is 0.497 e. The van der Waals surface area contributed by atoms with Gasteiger partial charge in [-0.15, -0.1) is 11.3 Å². The number of nitrogens with one attached hydrogen (secondary N) is 1. The molecule has 2 aromatic carbocycles. The Hall–Kier alpha value is -3.06. The molecule has 29 heavy (non-hydrogen) atoms. The van der Waals surface area contributed by atoms with Crippen molar-refractivity contribution in [3.63, 3.8) is 0 Å². The molecule has 152 valence electrons. The van der Waals surface area contributed by atoms with Gasteiger partial charge in [-0.05, 0) is 41.8 Å². The summed E-state index contributed by atoms with van der Waals surface area (Å²) in [5.41, 5.74) is 2.72. The van der Waals surface area contributed by atoms with E-state index in [1.54, 1.807) is 14.2 Å². The monoisotopic (exact) mass is 412 g/mol. The number of nitrogens with zero attached hydrogens (tertiary/aromatic N) is 1. The van der Waals surface area contributed by atoms with Gasteiger partial charge in [0.2, 0.25) is 0 Å². The van der Waals surface area contributed by atoms with E-state index in [0.29, 0.717) is 34.0 Å². The van der Waals surface area contributed by atoms with E-state index in [9.17, 15) is 4.79 Å². The molecule has 0 fully saturated rings. The van der Waals surface area contributed by atoms with Crippen molar-refractivity contribution in [3.05, 3.63) is 53.4 Å². The van der Waals surface area contributed by atoms with Crippen LogP contribution in [0, 0.1) is 0 Å². The molecule has 0 aliphatic carbocycles. The van der Waals surface area contributed by atoms with Crippen LogP contribution in [0.25, 0.3) is 11.3 Å². The van der Waals surface area contributed by atoms with Crippen LogP contribution in [-0.4, -0.2) is 31.7 Å². The number of methoxy groups -OCH3 is 2. The Morgan fingerprint density at radius 1 is 1.07 bits per heavy atom. The van der Waals surface area contributed by atoms with Gasteiger partial charge in [-0.2, -0.15) is 0 Å². The third-order valence-electron chi connectivity index (χ3n) is 4.35. The Bertz CT molecular complexity index is 967. The van der Waals surface area contributed by atoms with E-state index in [1.807, 2.05) is 47.8 Å². The minimum atomic E-state index is -0.267. The molecule has 1 N–H and O–H groups in total. The van der Waals surface area contributed by atoms with Crippen molar-refractivity contribution >= 4 is 22.4 Å². The molecule has 1 heterocycles. The first kappa shape index (κ1) is 20.7. The van der Waals surface area contributed by atoms with Crippen LogP contribution in [0.15, 0.2) is 47.8 Å². The normalized spacial score (nSPS) is 10.7. The molecule has 6 nitrogen and oxygen atoms in total. The predicted molar refractivity (Wildman–Crippen MR) is 115 cm³/mol. The molecule has 0 aliphatic rings. The highest BCUT2D eigenvalue weighted by Crippen LogP contribution is 2.35. The summed E-state index contributed by atoms with van der Waals surface area (Å²) in [5, 5.41) is 5.12. The summed E-state index contributed by atoms with van der Waals surface area (Å²) in [7, 11) is 3.21. The first-order valence-corrected chi connectivity index (χ1v) is 10.1. The van der Waals surface area contributed by atoms with Crippen molar-refractivity contribution in [2.24, 2.45) is 0 Å². The SMILES string of the molecule is COc1ccc(OC)c(-c2csc(NC(=O)COc3ccc(C(C)C)cc3)n2)c1. The summed E-state index contributed by atoms with van der Waals surface area (Å²) in [4.78, 5) is 16.7. The molecule has 3 aromatic rings. The van der Waals surface area contributed by atoms with Crippen LogP contribution in [-0.2, 0) is 4.79 Å². The predicted octanol–water partition coefficient (Wildman–Crippen LogP) is 4.97. The fourth-order valence-corrected chi connectivity index (χ4v) is 3.45. The Morgan fingerprint density at radius 2 is 1.79 bits per heavy atom. The zero-order valence-electron chi connectivity index (χ0n) is 16.9. The third-order valence-corrected chi connectivity index (χ3v) is 5.11. The van der Waals surface area contributed by atoms with Crippen molar-refractivity contribution in [2.75, 3.05) is 26.1 Å². The van der Waals surface area contributed by atoms with E-state index < -0.39 is 0 Å². The van der Waals surface area contributed by atoms with Gasteiger partial charge in [0, 0.05) is 10.9 Å². The molecular formula is C22H24N2O4S. The molecule has 3 rings (SSSR count). The van der Waals surface area contributed by atoms with E-state index in [4.69, 9.17) is 14.2 Å². The maximum Gasteiger partial charge on any atom is 0.264 e. The lowest BCUT2D eigenvalue weighted by Crippen LogP contribution is -2.20. The summed E-state index contributed by atoms with van der Waals surface area (Å²) >= 11 is 1.34. The summed E-state index contributed by atoms with van der Waals surface area (Å²) in [6.07, 6.45) is 0. The van der Waals surface area contributed by atoms with Crippen LogP contribution >= 0.6 is 11.3 Å². The van der Waals surface area contributed by atoms with Gasteiger partial charge in [0.15, 0.2) is 11.7 Å². The maximum absolute atomic E-state index is 12.2. The van der Waals surface area contributed by atoms with Crippen molar-refractivity contribution in [1.82, 2.24) is 4.98 Å². The lowest BCUT2D eigenvalue weighted by atomic mass is 10.0. The summed E-state index contributed by atoms with van der Waals surface area (Å²) in [6, 6.07) is 13.3. The van der Waals surface area contributed by atoms with Gasteiger partial charge in [-0.1, -0.05) is 26.0 Å². The third kappa shape index (κ3) is 5.26. The fraction of sp³-hybridized carbons (Fsp3) is 0.273. The van der Waals surface area contributed by atoms with Crippen LogP contribution in [0.2, 0.25) is 0 Å². The van der Waals surface area contributed by atoms with Gasteiger partial charge in [0.1, 0.15) is 17.2 Å². The van der Waals surface area contributed by atoms with Crippen LogP contribution < -0.4 is 19.5 Å². The highest BCUT2D eigenvalue weighted by atomic mass is 32.1. The van der Waals surface area contributed by atoms with E-state index in [2.05, 4.69) is 24.1 Å². The van der Waals surface area contributed by atoms with Gasteiger partial charge in [-0.3, -0.25) is 10.1 Å². The van der Waals surface area contributed by atoms with Crippen molar-refractivity contribution < 1.29 is 19.0 Å². The van der Waals surface area contributed by atoms with Gasteiger partial charge < -0.3 is 14.2 Å². The van der Waals surface area contributed by atoms with Gasteiger partial charge in [0.25, 0.3) is 5.91 Å². The molecule has 7 heteroatoms. The first-order valence-electron chi connectivity index (χ1n) is 9.20. The van der Waals surface area contributed by atoms with Crippen molar-refractivity contribution in [2.45, 2.75) is 19.8 Å². The molecule has 1 aromatic heterocycles. The van der Waals surface area contributed by atoms with Crippen LogP contribution in [0.5, 0.6) is 17.2 Å². The van der Waals surface area contributed by atoms with Crippen LogP contribution in [0.3, 0.4) is 0 Å². The maximum atomic E-state index is 12.2. The van der Waals surface area contributed by atoms with Gasteiger partial charge >= 0.3 is 0 Å². The topological polar surface area (TPSA) is 69.7 Å². The molecule has 0 atom stereocenters. The quantitative estimate of drug-likeness (QED) is 0.566. The second-order valence-electron chi connectivity index (χ2n) is 6.66. The number of carbonyl (C=O) groups is 1. The number of aromatic nitrogens is 1. The Labute approximate surface area is 174 Å². The number of ether oxygens (including phenoxy) is 3. The Kier molecular flexibility index (Phi) is 6.72. The summed E-state index contributed by atoms with van der Waals surface area (Å²) < 4.78 is 16.2. The average molecular weight is 413 g/mol.